The van der Waals surface area contributed by atoms with E-state index in [4.69, 9.17) is 4.42 Å². The topological polar surface area (TPSA) is 99.4 Å². The molecule has 7 nitrogen and oxygen atoms in total. The second kappa shape index (κ2) is 4.42. The highest BCUT2D eigenvalue weighted by Crippen LogP contribution is 2.31. The number of aromatic nitrogens is 2. The number of rotatable bonds is 2. The van der Waals surface area contributed by atoms with Crippen LogP contribution in [0.15, 0.2) is 15.5 Å². The average molecular weight is 291 g/mol. The molecule has 1 aliphatic heterocycles. The fraction of sp³-hybridized carbons (Fsp3) is 0.500. The second-order valence-corrected chi connectivity index (χ2v) is 5.86. The van der Waals surface area contributed by atoms with Crippen molar-refractivity contribution in [2.45, 2.75) is 26.4 Å². The Labute approximate surface area is 120 Å². The molecule has 1 amide bonds. The molecule has 3 heterocycles. The molecule has 0 unspecified atom stereocenters. The molecule has 1 fully saturated rings. The predicted octanol–water partition coefficient (Wildman–Crippen LogP) is 0.667. The number of aryl methyl sites for hydroxylation is 1. The Kier molecular flexibility index (Phi) is 2.91. The predicted molar refractivity (Wildman–Crippen MR) is 75.1 cm³/mol. The third-order valence-corrected chi connectivity index (χ3v) is 4.18. The van der Waals surface area contributed by atoms with Crippen molar-refractivity contribution < 1.29 is 14.3 Å². The number of β-amino-alcohol motifs (C(OH)–C–C–N with tert-alkyl or cyclic N) is 1. The molecule has 0 aromatic carbocycles. The lowest BCUT2D eigenvalue weighted by atomic mass is 9.82. The number of carbonyl (C=O) groups excluding carboxylic acids is 1. The molecule has 0 atom stereocenters. The van der Waals surface area contributed by atoms with Gasteiger partial charge in [0.15, 0.2) is 0 Å². The molecule has 2 aromatic rings. The maximum atomic E-state index is 12.6. The van der Waals surface area contributed by atoms with Gasteiger partial charge >= 0.3 is 0 Å². The van der Waals surface area contributed by atoms with Gasteiger partial charge in [-0.2, -0.15) is 0 Å². The van der Waals surface area contributed by atoms with E-state index in [1.165, 1.54) is 11.2 Å². The quantitative estimate of drug-likeness (QED) is 0.847. The van der Waals surface area contributed by atoms with Gasteiger partial charge in [0.05, 0.1) is 25.0 Å². The van der Waals surface area contributed by atoms with Gasteiger partial charge in [0.25, 0.3) is 11.5 Å². The smallest absolute Gasteiger partial charge is 0.262 e. The number of aromatic amines is 1. The van der Waals surface area contributed by atoms with Crippen molar-refractivity contribution in [3.63, 3.8) is 0 Å². The maximum Gasteiger partial charge on any atom is 0.262 e. The summed E-state index contributed by atoms with van der Waals surface area (Å²) < 4.78 is 5.38. The van der Waals surface area contributed by atoms with E-state index in [0.29, 0.717) is 5.76 Å². The number of fused-ring (bicyclic) bond motifs is 1. The average Bonchev–Trinajstić information content (AvgIpc) is 2.71. The Morgan fingerprint density at radius 2 is 2.19 bits per heavy atom. The van der Waals surface area contributed by atoms with Gasteiger partial charge in [0.1, 0.15) is 16.7 Å². The minimum Gasteiger partial charge on any atom is -0.442 e. The van der Waals surface area contributed by atoms with Crippen LogP contribution in [0, 0.1) is 12.8 Å². The summed E-state index contributed by atoms with van der Waals surface area (Å²) in [7, 11) is 0. The number of hydrogen-bond donors (Lipinski definition) is 2. The van der Waals surface area contributed by atoms with Gasteiger partial charge in [-0.1, -0.05) is 13.8 Å². The maximum absolute atomic E-state index is 12.6. The van der Waals surface area contributed by atoms with E-state index in [0.717, 1.165) is 0 Å². The van der Waals surface area contributed by atoms with E-state index in [9.17, 15) is 14.7 Å². The molecule has 21 heavy (non-hydrogen) atoms. The summed E-state index contributed by atoms with van der Waals surface area (Å²) in [4.78, 5) is 32.4. The van der Waals surface area contributed by atoms with Crippen molar-refractivity contribution in [3.05, 3.63) is 28.0 Å². The highest BCUT2D eigenvalue weighted by molar-refractivity contribution is 6.06. The van der Waals surface area contributed by atoms with E-state index < -0.39 is 11.2 Å². The molecule has 112 valence electrons. The summed E-state index contributed by atoms with van der Waals surface area (Å²) in [5.74, 6) is 0.114. The highest BCUT2D eigenvalue weighted by atomic mass is 16.3. The Balaban J connectivity index is 1.97. The summed E-state index contributed by atoms with van der Waals surface area (Å²) in [6, 6.07) is 0. The van der Waals surface area contributed by atoms with Crippen molar-refractivity contribution in [1.29, 1.82) is 0 Å². The number of hydrogen-bond acceptors (Lipinski definition) is 5. The molecule has 0 spiro atoms. The van der Waals surface area contributed by atoms with Crippen molar-refractivity contribution in [2.75, 3.05) is 13.1 Å². The van der Waals surface area contributed by atoms with Crippen LogP contribution in [-0.2, 0) is 0 Å². The summed E-state index contributed by atoms with van der Waals surface area (Å²) in [5, 5.41) is 10.4. The van der Waals surface area contributed by atoms with E-state index in [1.807, 2.05) is 13.8 Å². The monoisotopic (exact) mass is 291 g/mol. The largest absolute Gasteiger partial charge is 0.442 e. The lowest BCUT2D eigenvalue weighted by Crippen LogP contribution is -2.66. The zero-order valence-electron chi connectivity index (χ0n) is 12.1. The molecular weight excluding hydrogens is 274 g/mol. The van der Waals surface area contributed by atoms with Crippen molar-refractivity contribution in [1.82, 2.24) is 14.9 Å². The van der Waals surface area contributed by atoms with Crippen molar-refractivity contribution >= 4 is 17.0 Å². The molecule has 2 aromatic heterocycles. The third kappa shape index (κ3) is 1.96. The van der Waals surface area contributed by atoms with Crippen LogP contribution in [0.4, 0.5) is 0 Å². The van der Waals surface area contributed by atoms with Crippen LogP contribution in [0.25, 0.3) is 11.1 Å². The normalized spacial score (nSPS) is 17.3. The van der Waals surface area contributed by atoms with Gasteiger partial charge in [-0.15, -0.1) is 0 Å². The Morgan fingerprint density at radius 1 is 1.52 bits per heavy atom. The third-order valence-electron chi connectivity index (χ3n) is 4.18. The lowest BCUT2D eigenvalue weighted by molar-refractivity contribution is -0.110. The number of aliphatic hydroxyl groups is 1. The first kappa shape index (κ1) is 13.8. The van der Waals surface area contributed by atoms with Gasteiger partial charge in [0, 0.05) is 0 Å². The first-order chi connectivity index (χ1) is 9.83. The van der Waals surface area contributed by atoms with Crippen LogP contribution in [0.3, 0.4) is 0 Å². The van der Waals surface area contributed by atoms with Crippen LogP contribution in [0.2, 0.25) is 0 Å². The molecule has 0 radical (unpaired) electrons. The van der Waals surface area contributed by atoms with Crippen LogP contribution < -0.4 is 5.56 Å². The summed E-state index contributed by atoms with van der Waals surface area (Å²) in [6.07, 6.45) is 1.24. The van der Waals surface area contributed by atoms with Gasteiger partial charge in [-0.05, 0) is 12.8 Å². The van der Waals surface area contributed by atoms with E-state index in [2.05, 4.69) is 9.97 Å². The number of carbonyl (C=O) groups is 1. The van der Waals surface area contributed by atoms with Gasteiger partial charge in [-0.3, -0.25) is 9.59 Å². The number of nitrogens with one attached hydrogen (secondary N) is 1. The fourth-order valence-corrected chi connectivity index (χ4v) is 2.59. The number of amides is 1. The number of H-pyrrole nitrogens is 1. The SMILES string of the molecule is Cc1oc2nc[nH]c(=O)c2c1C(=O)N1CC(O)(C(C)C)C1. The van der Waals surface area contributed by atoms with Crippen LogP contribution in [0.5, 0.6) is 0 Å². The molecule has 7 heteroatoms. The number of furan rings is 1. The first-order valence-electron chi connectivity index (χ1n) is 6.82. The molecule has 2 N–H and O–H groups in total. The minimum atomic E-state index is -0.853. The van der Waals surface area contributed by atoms with Gasteiger partial charge < -0.3 is 19.4 Å². The molecule has 3 rings (SSSR count). The molecular formula is C14H17N3O4. The van der Waals surface area contributed by atoms with Crippen LogP contribution in [0.1, 0.15) is 30.0 Å². The summed E-state index contributed by atoms with van der Waals surface area (Å²) in [5.41, 5.74) is -0.877. The summed E-state index contributed by atoms with van der Waals surface area (Å²) in [6.45, 7) is 5.97. The van der Waals surface area contributed by atoms with Gasteiger partial charge in [0.2, 0.25) is 5.71 Å². The molecule has 0 saturated carbocycles. The van der Waals surface area contributed by atoms with Crippen LogP contribution >= 0.6 is 0 Å². The van der Waals surface area contributed by atoms with Crippen molar-refractivity contribution in [2.24, 2.45) is 5.92 Å². The fourth-order valence-electron chi connectivity index (χ4n) is 2.59. The van der Waals surface area contributed by atoms with Crippen molar-refractivity contribution in [3.8, 4) is 0 Å². The molecule has 0 aliphatic carbocycles. The van der Waals surface area contributed by atoms with E-state index in [1.54, 1.807) is 6.92 Å². The Morgan fingerprint density at radius 3 is 2.81 bits per heavy atom. The minimum absolute atomic E-state index is 0.0637. The number of nitrogens with zero attached hydrogens (tertiary/aromatic N) is 2. The van der Waals surface area contributed by atoms with Crippen LogP contribution in [-0.4, -0.2) is 44.6 Å². The molecule has 1 aliphatic rings. The Bertz CT molecular complexity index is 768. The zero-order chi connectivity index (χ0) is 15.4. The molecule has 1 saturated heterocycles. The molecule has 0 bridgehead atoms. The highest BCUT2D eigenvalue weighted by Gasteiger charge is 2.46. The zero-order valence-corrected chi connectivity index (χ0v) is 12.1. The summed E-state index contributed by atoms with van der Waals surface area (Å²) >= 11 is 0. The van der Waals surface area contributed by atoms with E-state index >= 15 is 0 Å². The van der Waals surface area contributed by atoms with E-state index in [-0.39, 0.29) is 41.6 Å². The standard InChI is InChI=1S/C14H17N3O4/c1-7(2)14(20)4-17(5-14)13(19)9-8(3)21-12-10(9)11(18)15-6-16-12/h6-7,20H,4-5H2,1-3H3,(H,15,16,18). The lowest BCUT2D eigenvalue weighted by Gasteiger charge is -2.48. The Hall–Kier alpha value is -2.15. The second-order valence-electron chi connectivity index (χ2n) is 5.86. The van der Waals surface area contributed by atoms with Gasteiger partial charge in [-0.25, -0.2) is 4.98 Å². The number of likely N-dealkylation sites (tertiary alicyclic amines) is 1. The first-order valence-corrected chi connectivity index (χ1v) is 6.82.